The second-order valence-electron chi connectivity index (χ2n) is 23.9. The van der Waals surface area contributed by atoms with E-state index in [4.69, 9.17) is 47.4 Å². The van der Waals surface area contributed by atoms with Gasteiger partial charge >= 0.3 is 0 Å². The Bertz CT molecular complexity index is 1560. The normalized spacial score (nSPS) is 14.6. The molecular formula is C63H116O10. The molecule has 1 saturated carbocycles. The average Bonchev–Trinajstić information content (AvgIpc) is 3.98. The number of rotatable bonds is 29. The van der Waals surface area contributed by atoms with Crippen LogP contribution in [0, 0.1) is 63.1 Å². The van der Waals surface area contributed by atoms with Crippen LogP contribution in [0.15, 0.2) is 48.5 Å². The highest BCUT2D eigenvalue weighted by Crippen LogP contribution is 2.50. The second-order valence-corrected chi connectivity index (χ2v) is 23.9. The summed E-state index contributed by atoms with van der Waals surface area (Å²) in [5.41, 5.74) is 5.30. The molecule has 0 bridgehead atoms. The van der Waals surface area contributed by atoms with Crippen LogP contribution in [-0.2, 0) is 53.2 Å². The van der Waals surface area contributed by atoms with E-state index in [1.807, 2.05) is 38.5 Å². The summed E-state index contributed by atoms with van der Waals surface area (Å²) < 4.78 is 54.1. The van der Waals surface area contributed by atoms with Crippen LogP contribution in [-0.4, -0.2) is 124 Å². The zero-order valence-corrected chi connectivity index (χ0v) is 51.6. The third-order valence-corrected chi connectivity index (χ3v) is 15.8. The first-order valence-electron chi connectivity index (χ1n) is 27.7. The van der Waals surface area contributed by atoms with Crippen LogP contribution >= 0.6 is 0 Å². The Kier molecular flexibility index (Phi) is 36.0. The first-order chi connectivity index (χ1) is 34.5. The lowest BCUT2D eigenvalue weighted by Gasteiger charge is -2.41. The smallest absolute Gasteiger partial charge is 0.223 e. The van der Waals surface area contributed by atoms with Gasteiger partial charge in [0.05, 0.1) is 52.9 Å². The first kappa shape index (κ1) is 71.0. The van der Waals surface area contributed by atoms with Gasteiger partial charge in [-0.3, -0.25) is 0 Å². The average molecular weight is 1030 g/mol. The SMILES string of the molecule is COC1(OC)c2ccccc2-c2ccccc21.COCC(C)(COC)C(C)C.COCC(CCC(C)C)(COC)C(C)C.COCC(COC)(C(C)C)C1CCCC1.COCC(COC)(CC(C)C)CC(C)C. The molecule has 4 rings (SSSR count). The maximum Gasteiger partial charge on any atom is 0.223 e. The Morgan fingerprint density at radius 2 is 0.822 bits per heavy atom. The molecular weight excluding hydrogens is 917 g/mol. The highest BCUT2D eigenvalue weighted by atomic mass is 16.7. The van der Waals surface area contributed by atoms with E-state index in [-0.39, 0.29) is 21.7 Å². The Morgan fingerprint density at radius 3 is 1.11 bits per heavy atom. The molecule has 2 aliphatic carbocycles. The Morgan fingerprint density at radius 1 is 0.452 bits per heavy atom. The van der Waals surface area contributed by atoms with Crippen LogP contribution < -0.4 is 0 Å². The summed E-state index contributed by atoms with van der Waals surface area (Å²) in [6.45, 7) is 35.7. The zero-order chi connectivity index (χ0) is 55.9. The number of fused-ring (bicyclic) bond motifs is 3. The van der Waals surface area contributed by atoms with E-state index < -0.39 is 5.79 Å². The van der Waals surface area contributed by atoms with Gasteiger partial charge < -0.3 is 47.4 Å². The second kappa shape index (κ2) is 37.0. The maximum absolute atomic E-state index is 5.68. The lowest BCUT2D eigenvalue weighted by atomic mass is 9.68. The number of methoxy groups -OCH3 is 10. The molecule has 0 radical (unpaired) electrons. The molecule has 428 valence electrons. The molecule has 10 heteroatoms. The monoisotopic (exact) mass is 1030 g/mol. The molecule has 0 N–H and O–H groups in total. The Balaban J connectivity index is 0.000000894. The fourth-order valence-corrected chi connectivity index (χ4v) is 11.5. The minimum Gasteiger partial charge on any atom is -0.384 e. The molecule has 0 aromatic heterocycles. The molecule has 0 atom stereocenters. The van der Waals surface area contributed by atoms with E-state index in [2.05, 4.69) is 114 Å². The van der Waals surface area contributed by atoms with Crippen LogP contribution in [0.2, 0.25) is 0 Å². The van der Waals surface area contributed by atoms with Gasteiger partial charge in [0.2, 0.25) is 5.79 Å². The van der Waals surface area contributed by atoms with Gasteiger partial charge in [-0.1, -0.05) is 158 Å². The van der Waals surface area contributed by atoms with Gasteiger partial charge in [0, 0.05) is 104 Å². The summed E-state index contributed by atoms with van der Waals surface area (Å²) in [6, 6.07) is 16.4. The van der Waals surface area contributed by atoms with Crippen molar-refractivity contribution >= 4 is 0 Å². The quantitative estimate of drug-likeness (QED) is 0.0734. The molecule has 0 spiro atoms. The van der Waals surface area contributed by atoms with Crippen LogP contribution in [0.25, 0.3) is 11.1 Å². The summed E-state index contributed by atoms with van der Waals surface area (Å²) in [6.07, 6.45) is 10.2. The highest BCUT2D eigenvalue weighted by Gasteiger charge is 2.45. The van der Waals surface area contributed by atoms with Crippen molar-refractivity contribution in [3.63, 3.8) is 0 Å². The van der Waals surface area contributed by atoms with Crippen molar-refractivity contribution < 1.29 is 47.4 Å². The molecule has 0 heterocycles. The van der Waals surface area contributed by atoms with Gasteiger partial charge in [-0.25, -0.2) is 0 Å². The van der Waals surface area contributed by atoms with Gasteiger partial charge in [-0.2, -0.15) is 0 Å². The number of ether oxygens (including phenoxy) is 10. The van der Waals surface area contributed by atoms with E-state index in [0.29, 0.717) is 29.6 Å². The summed E-state index contributed by atoms with van der Waals surface area (Å²) in [5.74, 6) is 3.96. The standard InChI is InChI=1S/C15H14O2.C13H26O2.2C13H28O2.C9H20O2/c1-16-15(17-2)13-9-5-3-7-11(13)12-8-4-6-10-14(12)15;1-11(2)13(9-14-3,10-15-4)12-7-5-6-8-12;1-11(2)7-13(9-14-5,10-15-6)8-12(3)4;1-11(2)7-8-13(9-14-5,10-15-6)12(3)4;1-8(2)9(3,6-10-4)7-11-5/h3-10H,1-2H3;11-12H,5-10H2,1-4H3;2*11-12H,7-10H2,1-6H3;8H,6-7H2,1-5H3. The van der Waals surface area contributed by atoms with Crippen molar-refractivity contribution in [2.24, 2.45) is 63.1 Å². The number of hydrogen-bond donors (Lipinski definition) is 0. The fourth-order valence-electron chi connectivity index (χ4n) is 11.5. The number of hydrogen-bond acceptors (Lipinski definition) is 10. The van der Waals surface area contributed by atoms with E-state index in [1.165, 1.54) is 62.5 Å². The molecule has 0 saturated heterocycles. The maximum atomic E-state index is 5.68. The molecule has 1 fully saturated rings. The molecule has 10 nitrogen and oxygen atoms in total. The van der Waals surface area contributed by atoms with Gasteiger partial charge in [0.1, 0.15) is 0 Å². The molecule has 0 amide bonds. The largest absolute Gasteiger partial charge is 0.384 e. The Labute approximate surface area is 450 Å². The predicted octanol–water partition coefficient (Wildman–Crippen LogP) is 14.9. The van der Waals surface area contributed by atoms with Gasteiger partial charge in [0.15, 0.2) is 0 Å². The van der Waals surface area contributed by atoms with Gasteiger partial charge in [-0.05, 0) is 84.7 Å². The fraction of sp³-hybridized carbons (Fsp3) is 0.810. The topological polar surface area (TPSA) is 92.3 Å². The number of benzene rings is 2. The van der Waals surface area contributed by atoms with Gasteiger partial charge in [0.25, 0.3) is 0 Å². The lowest BCUT2D eigenvalue weighted by Crippen LogP contribution is -2.43. The summed E-state index contributed by atoms with van der Waals surface area (Å²) in [5, 5.41) is 0. The van der Waals surface area contributed by atoms with E-state index >= 15 is 0 Å². The Hall–Kier alpha value is -1.96. The van der Waals surface area contributed by atoms with Crippen molar-refractivity contribution in [1.29, 1.82) is 0 Å². The molecule has 0 aliphatic heterocycles. The van der Waals surface area contributed by atoms with Crippen molar-refractivity contribution in [3.05, 3.63) is 59.7 Å². The third kappa shape index (κ3) is 22.1. The highest BCUT2D eigenvalue weighted by molar-refractivity contribution is 5.79. The van der Waals surface area contributed by atoms with E-state index in [9.17, 15) is 0 Å². The minimum atomic E-state index is -0.757. The lowest BCUT2D eigenvalue weighted by molar-refractivity contribution is -0.180. The van der Waals surface area contributed by atoms with Crippen LogP contribution in [0.3, 0.4) is 0 Å². The molecule has 2 aromatic rings. The van der Waals surface area contributed by atoms with Crippen molar-refractivity contribution in [2.75, 3.05) is 124 Å². The van der Waals surface area contributed by atoms with Crippen molar-refractivity contribution in [1.82, 2.24) is 0 Å². The molecule has 2 aliphatic rings. The van der Waals surface area contributed by atoms with Crippen molar-refractivity contribution in [2.45, 2.75) is 147 Å². The molecule has 2 aromatic carbocycles. The summed E-state index contributed by atoms with van der Waals surface area (Å²) >= 11 is 0. The van der Waals surface area contributed by atoms with Crippen LogP contribution in [0.5, 0.6) is 0 Å². The zero-order valence-electron chi connectivity index (χ0n) is 51.6. The van der Waals surface area contributed by atoms with Gasteiger partial charge in [-0.15, -0.1) is 0 Å². The third-order valence-electron chi connectivity index (χ3n) is 15.8. The molecule has 0 unspecified atom stereocenters. The minimum absolute atomic E-state index is 0.156. The van der Waals surface area contributed by atoms with Crippen LogP contribution in [0.4, 0.5) is 0 Å². The predicted molar refractivity (Wildman–Crippen MR) is 307 cm³/mol. The van der Waals surface area contributed by atoms with Crippen molar-refractivity contribution in [3.8, 4) is 11.1 Å². The van der Waals surface area contributed by atoms with E-state index in [1.54, 1.807) is 56.9 Å². The van der Waals surface area contributed by atoms with Crippen LogP contribution in [0.1, 0.15) is 153 Å². The first-order valence-corrected chi connectivity index (χ1v) is 27.7. The summed E-state index contributed by atoms with van der Waals surface area (Å²) in [7, 11) is 17.6. The van der Waals surface area contributed by atoms with E-state index in [0.717, 1.165) is 75.8 Å². The summed E-state index contributed by atoms with van der Waals surface area (Å²) in [4.78, 5) is 0. The molecule has 73 heavy (non-hydrogen) atoms.